The van der Waals surface area contributed by atoms with Crippen molar-refractivity contribution in [3.63, 3.8) is 0 Å². The zero-order valence-corrected chi connectivity index (χ0v) is 18.2. The van der Waals surface area contributed by atoms with E-state index in [0.29, 0.717) is 33.9 Å². The molecule has 0 aliphatic rings. The van der Waals surface area contributed by atoms with Crippen LogP contribution >= 0.6 is 0 Å². The fourth-order valence-corrected chi connectivity index (χ4v) is 2.97. The predicted octanol–water partition coefficient (Wildman–Crippen LogP) is 3.87. The van der Waals surface area contributed by atoms with Crippen LogP contribution in [0.4, 0.5) is 5.69 Å². The van der Waals surface area contributed by atoms with Crippen molar-refractivity contribution in [1.82, 2.24) is 5.43 Å². The van der Waals surface area contributed by atoms with Gasteiger partial charge in [-0.25, -0.2) is 5.43 Å². The molecule has 33 heavy (non-hydrogen) atoms. The minimum absolute atomic E-state index is 0.221. The van der Waals surface area contributed by atoms with Crippen LogP contribution in [0.1, 0.15) is 34.0 Å². The average molecular weight is 442 g/mol. The summed E-state index contributed by atoms with van der Waals surface area (Å²) < 4.78 is 11.2. The SMILES string of the molecule is COc1cc(C=NNC(=O)c2cccc(NC(C)=O)c2)ccc1OCc1ccccc1C#N. The van der Waals surface area contributed by atoms with Gasteiger partial charge >= 0.3 is 0 Å². The predicted molar refractivity (Wildman–Crippen MR) is 124 cm³/mol. The van der Waals surface area contributed by atoms with Crippen molar-refractivity contribution in [2.45, 2.75) is 13.5 Å². The number of carbonyl (C=O) groups excluding carboxylic acids is 2. The Morgan fingerprint density at radius 1 is 1.06 bits per heavy atom. The maximum Gasteiger partial charge on any atom is 0.271 e. The molecule has 0 aliphatic heterocycles. The van der Waals surface area contributed by atoms with Crippen molar-refractivity contribution < 1.29 is 19.1 Å². The molecule has 0 aliphatic carbocycles. The Bertz CT molecular complexity index is 1230. The van der Waals surface area contributed by atoms with E-state index in [2.05, 4.69) is 21.9 Å². The third-order valence-corrected chi connectivity index (χ3v) is 4.53. The maximum absolute atomic E-state index is 12.3. The topological polar surface area (TPSA) is 113 Å². The van der Waals surface area contributed by atoms with Gasteiger partial charge in [-0.15, -0.1) is 0 Å². The molecule has 3 rings (SSSR count). The number of hydrazone groups is 1. The van der Waals surface area contributed by atoms with Crippen LogP contribution in [0.25, 0.3) is 0 Å². The Hall–Kier alpha value is -4.64. The van der Waals surface area contributed by atoms with E-state index in [9.17, 15) is 14.9 Å². The number of nitrogens with zero attached hydrogens (tertiary/aromatic N) is 2. The Morgan fingerprint density at radius 3 is 2.64 bits per heavy atom. The van der Waals surface area contributed by atoms with Gasteiger partial charge < -0.3 is 14.8 Å². The van der Waals surface area contributed by atoms with Gasteiger partial charge in [0, 0.05) is 23.7 Å². The molecule has 2 amide bonds. The lowest BCUT2D eigenvalue weighted by Crippen LogP contribution is -2.18. The summed E-state index contributed by atoms with van der Waals surface area (Å²) in [6, 6.07) is 21.1. The minimum atomic E-state index is -0.415. The molecule has 166 valence electrons. The molecule has 8 nitrogen and oxygen atoms in total. The van der Waals surface area contributed by atoms with Crippen LogP contribution < -0.4 is 20.2 Å². The van der Waals surface area contributed by atoms with Crippen molar-refractivity contribution >= 4 is 23.7 Å². The summed E-state index contributed by atoms with van der Waals surface area (Å²) in [4.78, 5) is 23.5. The molecule has 3 aromatic rings. The number of hydrogen-bond acceptors (Lipinski definition) is 6. The number of methoxy groups -OCH3 is 1. The van der Waals surface area contributed by atoms with E-state index in [0.717, 1.165) is 5.56 Å². The molecule has 0 heterocycles. The summed E-state index contributed by atoms with van der Waals surface area (Å²) in [6.45, 7) is 1.62. The van der Waals surface area contributed by atoms with Crippen LogP contribution in [0.3, 0.4) is 0 Å². The van der Waals surface area contributed by atoms with Crippen molar-refractivity contribution in [3.8, 4) is 17.6 Å². The second-order valence-electron chi connectivity index (χ2n) is 6.93. The van der Waals surface area contributed by atoms with Gasteiger partial charge in [-0.05, 0) is 48.0 Å². The van der Waals surface area contributed by atoms with E-state index in [1.54, 1.807) is 54.6 Å². The zero-order chi connectivity index (χ0) is 23.6. The molecule has 3 aromatic carbocycles. The van der Waals surface area contributed by atoms with Crippen LogP contribution in [-0.4, -0.2) is 25.1 Å². The first-order valence-electron chi connectivity index (χ1n) is 10.00. The van der Waals surface area contributed by atoms with Gasteiger partial charge in [-0.2, -0.15) is 10.4 Å². The summed E-state index contributed by atoms with van der Waals surface area (Å²) >= 11 is 0. The van der Waals surface area contributed by atoms with Crippen molar-refractivity contribution in [3.05, 3.63) is 89.0 Å². The molecule has 0 saturated carbocycles. The highest BCUT2D eigenvalue weighted by Gasteiger charge is 2.09. The highest BCUT2D eigenvalue weighted by molar-refractivity contribution is 5.97. The molecule has 0 aromatic heterocycles. The number of ether oxygens (including phenoxy) is 2. The zero-order valence-electron chi connectivity index (χ0n) is 18.2. The molecule has 2 N–H and O–H groups in total. The smallest absolute Gasteiger partial charge is 0.271 e. The molecule has 8 heteroatoms. The first-order valence-corrected chi connectivity index (χ1v) is 10.00. The van der Waals surface area contributed by atoms with E-state index in [4.69, 9.17) is 9.47 Å². The second kappa shape index (κ2) is 11.1. The number of carbonyl (C=O) groups is 2. The number of nitriles is 1. The Morgan fingerprint density at radius 2 is 1.88 bits per heavy atom. The number of amides is 2. The summed E-state index contributed by atoms with van der Waals surface area (Å²) in [5, 5.41) is 15.8. The molecule has 0 radical (unpaired) electrons. The lowest BCUT2D eigenvalue weighted by molar-refractivity contribution is -0.114. The molecule has 0 unspecified atom stereocenters. The number of nitrogens with one attached hydrogen (secondary N) is 2. The third-order valence-electron chi connectivity index (χ3n) is 4.53. The Balaban J connectivity index is 1.64. The molecule has 0 bridgehead atoms. The number of benzene rings is 3. The van der Waals surface area contributed by atoms with Crippen molar-refractivity contribution in [2.24, 2.45) is 5.10 Å². The van der Waals surface area contributed by atoms with Crippen LogP contribution in [0.15, 0.2) is 71.8 Å². The van der Waals surface area contributed by atoms with E-state index in [1.807, 2.05) is 12.1 Å². The van der Waals surface area contributed by atoms with Gasteiger partial charge in [-0.3, -0.25) is 9.59 Å². The monoisotopic (exact) mass is 442 g/mol. The van der Waals surface area contributed by atoms with Gasteiger partial charge in [0.2, 0.25) is 5.91 Å². The summed E-state index contributed by atoms with van der Waals surface area (Å²) in [7, 11) is 1.52. The molecule has 0 saturated heterocycles. The fraction of sp³-hybridized carbons (Fsp3) is 0.120. The quantitative estimate of drug-likeness (QED) is 0.406. The largest absolute Gasteiger partial charge is 0.493 e. The average Bonchev–Trinajstić information content (AvgIpc) is 2.82. The van der Waals surface area contributed by atoms with Gasteiger partial charge in [0.1, 0.15) is 6.61 Å². The minimum Gasteiger partial charge on any atom is -0.493 e. The van der Waals surface area contributed by atoms with Crippen molar-refractivity contribution in [1.29, 1.82) is 5.26 Å². The molecule has 0 spiro atoms. The number of hydrogen-bond donors (Lipinski definition) is 2. The van der Waals surface area contributed by atoms with Gasteiger partial charge in [0.15, 0.2) is 11.5 Å². The lowest BCUT2D eigenvalue weighted by Gasteiger charge is -2.12. The summed E-state index contributed by atoms with van der Waals surface area (Å²) in [5.74, 6) is 0.367. The number of anilines is 1. The first kappa shape index (κ1) is 23.0. The summed E-state index contributed by atoms with van der Waals surface area (Å²) in [5.41, 5.74) is 5.35. The van der Waals surface area contributed by atoms with Gasteiger partial charge in [0.05, 0.1) is 25.0 Å². The highest BCUT2D eigenvalue weighted by Crippen LogP contribution is 2.28. The van der Waals surface area contributed by atoms with E-state index in [1.165, 1.54) is 20.2 Å². The van der Waals surface area contributed by atoms with E-state index < -0.39 is 5.91 Å². The van der Waals surface area contributed by atoms with Gasteiger partial charge in [0.25, 0.3) is 5.91 Å². The number of rotatable bonds is 8. The molecule has 0 fully saturated rings. The van der Waals surface area contributed by atoms with Crippen LogP contribution in [-0.2, 0) is 11.4 Å². The van der Waals surface area contributed by atoms with Crippen LogP contribution in [0, 0.1) is 11.3 Å². The summed E-state index contributed by atoms with van der Waals surface area (Å²) in [6.07, 6.45) is 1.48. The van der Waals surface area contributed by atoms with Crippen molar-refractivity contribution in [2.75, 3.05) is 12.4 Å². The second-order valence-corrected chi connectivity index (χ2v) is 6.93. The normalized spacial score (nSPS) is 10.3. The highest BCUT2D eigenvalue weighted by atomic mass is 16.5. The molecule has 0 atom stereocenters. The van der Waals surface area contributed by atoms with Gasteiger partial charge in [-0.1, -0.05) is 24.3 Å². The van der Waals surface area contributed by atoms with Crippen LogP contribution in [0.2, 0.25) is 0 Å². The van der Waals surface area contributed by atoms with E-state index in [-0.39, 0.29) is 12.5 Å². The maximum atomic E-state index is 12.3. The lowest BCUT2D eigenvalue weighted by atomic mass is 10.1. The van der Waals surface area contributed by atoms with E-state index >= 15 is 0 Å². The Labute approximate surface area is 191 Å². The first-order chi connectivity index (χ1) is 16.0. The molecular formula is C25H22N4O4. The molecular weight excluding hydrogens is 420 g/mol. The van der Waals surface area contributed by atoms with Crippen LogP contribution in [0.5, 0.6) is 11.5 Å². The standard InChI is InChI=1S/C25H22N4O4/c1-17(30)28-22-9-5-8-19(13-22)25(31)29-27-15-18-10-11-23(24(12-18)32-2)33-16-21-7-4-3-6-20(21)14-26/h3-13,15H,16H2,1-2H3,(H,28,30)(H,29,31). The third kappa shape index (κ3) is 6.42. The fourth-order valence-electron chi connectivity index (χ4n) is 2.97. The Kier molecular flexibility index (Phi) is 7.76.